The number of methoxy groups -OCH3 is 1. The molecule has 0 aromatic rings. The van der Waals surface area contributed by atoms with Crippen molar-refractivity contribution in [2.24, 2.45) is 5.41 Å². The van der Waals surface area contributed by atoms with Crippen LogP contribution in [0.15, 0.2) is 0 Å². The second kappa shape index (κ2) is 14.5. The third-order valence-electron chi connectivity index (χ3n) is 3.44. The number of hydrogen-bond donors (Lipinski definition) is 0. The van der Waals surface area contributed by atoms with E-state index in [4.69, 9.17) is 5.26 Å². The fourth-order valence-electron chi connectivity index (χ4n) is 2.46. The maximum absolute atomic E-state index is 7.32. The highest BCUT2D eigenvalue weighted by Gasteiger charge is 2.25. The van der Waals surface area contributed by atoms with Gasteiger partial charge in [-0.25, -0.2) is 0 Å². The number of nitrogens with zero attached hydrogens (tertiary/aromatic N) is 1. The summed E-state index contributed by atoms with van der Waals surface area (Å²) in [5.74, 6) is 0. The van der Waals surface area contributed by atoms with Crippen molar-refractivity contribution in [3.8, 4) is 6.07 Å². The van der Waals surface area contributed by atoms with Gasteiger partial charge >= 0.3 is 0 Å². The van der Waals surface area contributed by atoms with E-state index in [0.29, 0.717) is 0 Å². The number of unbranched alkanes of at least 4 members (excludes halogenated alkanes) is 2. The molecule has 0 aromatic carbocycles. The molecule has 1 aliphatic carbocycles. The Hall–Kier alpha value is -0.550. The average Bonchev–Trinajstić information content (AvgIpc) is 2.32. The highest BCUT2D eigenvalue weighted by atomic mass is 16.4. The molecule has 108 valence electrons. The molecule has 0 unspecified atom stereocenters. The Morgan fingerprint density at radius 2 is 1.56 bits per heavy atom. The van der Waals surface area contributed by atoms with E-state index in [-0.39, 0.29) is 0 Å². The smallest absolute Gasteiger partial charge is 0.0587 e. The number of hydrogen-bond acceptors (Lipinski definition) is 2. The predicted octanol–water partition coefficient (Wildman–Crippen LogP) is 5.33. The molecule has 1 aliphatic rings. The Morgan fingerprint density at radius 1 is 1.11 bits per heavy atom. The minimum Gasteiger partial charge on any atom is -0.388 e. The van der Waals surface area contributed by atoms with Crippen LogP contribution < -0.4 is 0 Å². The largest absolute Gasteiger partial charge is 0.388 e. The van der Waals surface area contributed by atoms with Gasteiger partial charge in [-0.15, -0.1) is 0 Å². The van der Waals surface area contributed by atoms with Gasteiger partial charge in [0.1, 0.15) is 0 Å². The minimum absolute atomic E-state index is 0.730. The number of nitriles is 1. The van der Waals surface area contributed by atoms with Crippen molar-refractivity contribution in [2.75, 3.05) is 14.2 Å². The van der Waals surface area contributed by atoms with Crippen molar-refractivity contribution in [2.45, 2.75) is 78.6 Å². The van der Waals surface area contributed by atoms with E-state index in [2.05, 4.69) is 18.6 Å². The third-order valence-corrected chi connectivity index (χ3v) is 3.44. The lowest BCUT2D eigenvalue weighted by Gasteiger charge is -2.33. The van der Waals surface area contributed by atoms with Crippen molar-refractivity contribution in [1.82, 2.24) is 0 Å². The maximum atomic E-state index is 7.32. The van der Waals surface area contributed by atoms with Gasteiger partial charge in [0.2, 0.25) is 0 Å². The molecule has 0 aliphatic heterocycles. The molecule has 2 heteroatoms. The quantitative estimate of drug-likeness (QED) is 0.636. The second-order valence-corrected chi connectivity index (χ2v) is 5.46. The van der Waals surface area contributed by atoms with Crippen LogP contribution in [0.5, 0.6) is 0 Å². The summed E-state index contributed by atoms with van der Waals surface area (Å²) in [5, 5.41) is 7.32. The summed E-state index contributed by atoms with van der Waals surface area (Å²) in [6.07, 6.45) is 13.2. The molecule has 0 spiro atoms. The molecule has 1 saturated carbocycles. The summed E-state index contributed by atoms with van der Waals surface area (Å²) in [6, 6.07) is 1.75. The minimum atomic E-state index is 0.730. The molecule has 18 heavy (non-hydrogen) atoms. The first-order chi connectivity index (χ1) is 8.60. The molecule has 1 rings (SSSR count). The highest BCUT2D eigenvalue weighted by molar-refractivity contribution is 4.77. The van der Waals surface area contributed by atoms with Gasteiger partial charge in [0, 0.05) is 21.1 Å². The van der Waals surface area contributed by atoms with Crippen LogP contribution in [0.25, 0.3) is 0 Å². The normalized spacial score (nSPS) is 16.4. The Morgan fingerprint density at radius 3 is 1.94 bits per heavy atom. The summed E-state index contributed by atoms with van der Waals surface area (Å²) >= 11 is 0. The van der Waals surface area contributed by atoms with Crippen molar-refractivity contribution < 1.29 is 4.74 Å². The lowest BCUT2D eigenvalue weighted by Crippen LogP contribution is -2.19. The molecule has 2 nitrogen and oxygen atoms in total. The number of ether oxygens (including phenoxy) is 1. The second-order valence-electron chi connectivity index (χ2n) is 5.46. The summed E-state index contributed by atoms with van der Waals surface area (Å²) in [4.78, 5) is 0. The molecular formula is C16H33NO. The Balaban J connectivity index is 0. The topological polar surface area (TPSA) is 33.0 Å². The summed E-state index contributed by atoms with van der Waals surface area (Å²) in [7, 11) is 3.25. The van der Waals surface area contributed by atoms with Crippen LogP contribution in [0.4, 0.5) is 0 Å². The van der Waals surface area contributed by atoms with E-state index in [1.807, 2.05) is 0 Å². The van der Waals surface area contributed by atoms with Gasteiger partial charge in [0.05, 0.1) is 6.07 Å². The molecule has 0 radical (unpaired) electrons. The molecular weight excluding hydrogens is 222 g/mol. The monoisotopic (exact) mass is 255 g/mol. The van der Waals surface area contributed by atoms with E-state index in [1.165, 1.54) is 64.7 Å². The van der Waals surface area contributed by atoms with E-state index < -0.39 is 0 Å². The zero-order valence-corrected chi connectivity index (χ0v) is 13.2. The van der Waals surface area contributed by atoms with Crippen LogP contribution in [-0.4, -0.2) is 14.2 Å². The van der Waals surface area contributed by atoms with Gasteiger partial charge in [-0.05, 0) is 24.7 Å². The fourth-order valence-corrected chi connectivity index (χ4v) is 2.46. The molecule has 0 amide bonds. The summed E-state index contributed by atoms with van der Waals surface area (Å²) in [5.41, 5.74) is 0.730. The number of rotatable bonds is 4. The zero-order chi connectivity index (χ0) is 14.3. The van der Waals surface area contributed by atoms with Gasteiger partial charge in [-0.3, -0.25) is 0 Å². The van der Waals surface area contributed by atoms with E-state index in [0.717, 1.165) is 5.41 Å². The summed E-state index contributed by atoms with van der Waals surface area (Å²) in [6.45, 7) is 6.23. The molecule has 0 bridgehead atoms. The van der Waals surface area contributed by atoms with E-state index >= 15 is 0 Å². The van der Waals surface area contributed by atoms with Gasteiger partial charge in [0.15, 0.2) is 0 Å². The standard InChI is InChI=1S/C12H24.C2H3N.C2H6O/c1-3-4-6-9-12(2)10-7-5-8-11-12;1-2-3;1-3-2/h3-11H2,1-2H3;1H3;1-2H3. The predicted molar refractivity (Wildman–Crippen MR) is 79.6 cm³/mol. The average molecular weight is 255 g/mol. The van der Waals surface area contributed by atoms with E-state index in [9.17, 15) is 0 Å². The van der Waals surface area contributed by atoms with Crippen LogP contribution in [-0.2, 0) is 4.74 Å². The van der Waals surface area contributed by atoms with Gasteiger partial charge in [-0.2, -0.15) is 5.26 Å². The first-order valence-electron chi connectivity index (χ1n) is 7.31. The molecule has 0 heterocycles. The molecule has 1 fully saturated rings. The Kier molecular flexibility index (Phi) is 15.9. The van der Waals surface area contributed by atoms with Crippen LogP contribution in [0.1, 0.15) is 78.6 Å². The maximum Gasteiger partial charge on any atom is 0.0587 e. The van der Waals surface area contributed by atoms with Crippen molar-refractivity contribution in [3.63, 3.8) is 0 Å². The molecule has 0 atom stereocenters. The highest BCUT2D eigenvalue weighted by Crippen LogP contribution is 2.39. The van der Waals surface area contributed by atoms with Crippen molar-refractivity contribution >= 4 is 0 Å². The van der Waals surface area contributed by atoms with Crippen LogP contribution in [0, 0.1) is 16.7 Å². The molecule has 0 N–H and O–H groups in total. The molecule has 0 saturated heterocycles. The molecule has 0 aromatic heterocycles. The first kappa shape index (κ1) is 19.8. The zero-order valence-electron chi connectivity index (χ0n) is 13.2. The van der Waals surface area contributed by atoms with Crippen LogP contribution >= 0.6 is 0 Å². The van der Waals surface area contributed by atoms with Crippen molar-refractivity contribution in [1.29, 1.82) is 5.26 Å². The SMILES string of the molecule is CC#N.CCCCCC1(C)CCCCC1.COC. The summed E-state index contributed by atoms with van der Waals surface area (Å²) < 4.78 is 4.25. The first-order valence-corrected chi connectivity index (χ1v) is 7.31. The lowest BCUT2D eigenvalue weighted by molar-refractivity contribution is 0.193. The Bertz CT molecular complexity index is 190. The van der Waals surface area contributed by atoms with E-state index in [1.54, 1.807) is 20.3 Å². The fraction of sp³-hybridized carbons (Fsp3) is 0.938. The van der Waals surface area contributed by atoms with Gasteiger partial charge in [0.25, 0.3) is 0 Å². The van der Waals surface area contributed by atoms with Gasteiger partial charge < -0.3 is 4.74 Å². The lowest BCUT2D eigenvalue weighted by atomic mass is 9.72. The van der Waals surface area contributed by atoms with Crippen LogP contribution in [0.3, 0.4) is 0 Å². The Labute approximate surface area is 115 Å². The van der Waals surface area contributed by atoms with Crippen LogP contribution in [0.2, 0.25) is 0 Å². The van der Waals surface area contributed by atoms with Gasteiger partial charge in [-0.1, -0.05) is 52.4 Å². The van der Waals surface area contributed by atoms with Crippen molar-refractivity contribution in [3.05, 3.63) is 0 Å². The third kappa shape index (κ3) is 13.5.